The number of aromatic nitrogens is 3. The van der Waals surface area contributed by atoms with Crippen LogP contribution in [0.4, 0.5) is 0 Å². The molecule has 1 N–H and O–H groups in total. The molecule has 0 spiro atoms. The Bertz CT molecular complexity index is 1680. The first kappa shape index (κ1) is 19.3. The van der Waals surface area contributed by atoms with Crippen molar-refractivity contribution in [3.63, 3.8) is 0 Å². The Hall–Kier alpha value is -4.13. The summed E-state index contributed by atoms with van der Waals surface area (Å²) in [6, 6.07) is 9.26. The maximum atomic E-state index is 13.1. The normalized spacial score (nSPS) is 14.4. The van der Waals surface area contributed by atoms with Crippen LogP contribution in [0.15, 0.2) is 47.2 Å². The van der Waals surface area contributed by atoms with Crippen LogP contribution < -0.4 is 5.32 Å². The Morgan fingerprint density at radius 3 is 2.85 bits per heavy atom. The first-order chi connectivity index (χ1) is 16.6. The molecule has 1 aliphatic heterocycles. The van der Waals surface area contributed by atoms with Gasteiger partial charge in [0.1, 0.15) is 0 Å². The lowest BCUT2D eigenvalue weighted by Gasteiger charge is -2.21. The van der Waals surface area contributed by atoms with Crippen LogP contribution in [0.25, 0.3) is 32.9 Å². The molecule has 7 rings (SSSR count). The van der Waals surface area contributed by atoms with E-state index in [4.69, 9.17) is 4.42 Å². The van der Waals surface area contributed by atoms with Crippen molar-refractivity contribution < 1.29 is 14.0 Å². The summed E-state index contributed by atoms with van der Waals surface area (Å²) in [7, 11) is 1.93. The van der Waals surface area contributed by atoms with Crippen molar-refractivity contribution in [1.29, 1.82) is 0 Å². The average molecular weight is 450 g/mol. The molecule has 0 unspecified atom stereocenters. The molecule has 7 heteroatoms. The van der Waals surface area contributed by atoms with Gasteiger partial charge in [-0.2, -0.15) is 5.10 Å². The van der Waals surface area contributed by atoms with Crippen LogP contribution in [0, 0.1) is 0 Å². The molecular formula is C27H22N4O3. The van der Waals surface area contributed by atoms with Crippen molar-refractivity contribution in [3.05, 3.63) is 76.5 Å². The Balaban J connectivity index is 1.61. The van der Waals surface area contributed by atoms with E-state index in [1.165, 1.54) is 17.3 Å². The SMILES string of the molecule is CCn1c2ccc(C(=O)c3ccco3)cc2c2c3c(c4c(c21)CCc1nn(C)cc1-4)C(=O)NC3. The summed E-state index contributed by atoms with van der Waals surface area (Å²) in [5.41, 5.74) is 8.91. The first-order valence-corrected chi connectivity index (χ1v) is 11.6. The highest BCUT2D eigenvalue weighted by Crippen LogP contribution is 2.46. The number of benzene rings is 2. The largest absolute Gasteiger partial charge is 0.461 e. The van der Waals surface area contributed by atoms with Crippen molar-refractivity contribution in [3.8, 4) is 11.1 Å². The van der Waals surface area contributed by atoms with Gasteiger partial charge < -0.3 is 14.3 Å². The molecule has 1 amide bonds. The number of fused-ring (bicyclic) bond motifs is 10. The Morgan fingerprint density at radius 2 is 2.06 bits per heavy atom. The summed E-state index contributed by atoms with van der Waals surface area (Å²) >= 11 is 0. The fourth-order valence-electron chi connectivity index (χ4n) is 5.94. The van der Waals surface area contributed by atoms with Gasteiger partial charge in [-0.25, -0.2) is 0 Å². The van der Waals surface area contributed by atoms with E-state index in [0.717, 1.165) is 63.6 Å². The maximum Gasteiger partial charge on any atom is 0.252 e. The zero-order valence-corrected chi connectivity index (χ0v) is 18.9. The minimum atomic E-state index is -0.145. The third-order valence-corrected chi connectivity index (χ3v) is 7.27. The quantitative estimate of drug-likeness (QED) is 0.414. The van der Waals surface area contributed by atoms with Gasteiger partial charge in [-0.3, -0.25) is 14.3 Å². The van der Waals surface area contributed by atoms with Gasteiger partial charge in [0.05, 0.1) is 23.0 Å². The number of carbonyl (C=O) groups excluding carboxylic acids is 2. The zero-order chi connectivity index (χ0) is 23.1. The van der Waals surface area contributed by atoms with Crippen LogP contribution in [0.2, 0.25) is 0 Å². The smallest absolute Gasteiger partial charge is 0.252 e. The minimum Gasteiger partial charge on any atom is -0.461 e. The first-order valence-electron chi connectivity index (χ1n) is 11.6. The van der Waals surface area contributed by atoms with Crippen molar-refractivity contribution in [2.45, 2.75) is 32.9 Å². The van der Waals surface area contributed by atoms with E-state index in [1.54, 1.807) is 12.1 Å². The minimum absolute atomic E-state index is 0.0370. The number of hydrogen-bond acceptors (Lipinski definition) is 4. The van der Waals surface area contributed by atoms with E-state index in [2.05, 4.69) is 21.9 Å². The molecule has 2 aromatic carbocycles. The Morgan fingerprint density at radius 1 is 1.18 bits per heavy atom. The molecule has 34 heavy (non-hydrogen) atoms. The molecule has 1 aliphatic carbocycles. The number of ketones is 1. The lowest BCUT2D eigenvalue weighted by molar-refractivity contribution is 0.0965. The molecule has 0 fully saturated rings. The topological polar surface area (TPSA) is 82.1 Å². The number of nitrogens with zero attached hydrogens (tertiary/aromatic N) is 3. The predicted octanol–water partition coefficient (Wildman–Crippen LogP) is 4.38. The molecule has 5 aromatic rings. The van der Waals surface area contributed by atoms with Gasteiger partial charge >= 0.3 is 0 Å². The van der Waals surface area contributed by atoms with Crippen LogP contribution in [0.1, 0.15) is 50.2 Å². The zero-order valence-electron chi connectivity index (χ0n) is 18.9. The number of rotatable bonds is 3. The molecule has 0 bridgehead atoms. The molecular weight excluding hydrogens is 428 g/mol. The van der Waals surface area contributed by atoms with Gasteiger partial charge in [-0.15, -0.1) is 0 Å². The van der Waals surface area contributed by atoms with Gasteiger partial charge in [0.25, 0.3) is 5.91 Å². The average Bonchev–Trinajstić information content (AvgIpc) is 3.62. The second-order valence-corrected chi connectivity index (χ2v) is 9.06. The molecule has 3 aromatic heterocycles. The van der Waals surface area contributed by atoms with Crippen molar-refractivity contribution >= 4 is 33.5 Å². The van der Waals surface area contributed by atoms with Gasteiger partial charge in [-0.05, 0) is 61.2 Å². The number of amides is 1. The Kier molecular flexibility index (Phi) is 3.81. The fraction of sp³-hybridized carbons (Fsp3) is 0.222. The number of nitrogens with one attached hydrogen (secondary N) is 1. The van der Waals surface area contributed by atoms with Gasteiger partial charge in [0, 0.05) is 59.3 Å². The predicted molar refractivity (Wildman–Crippen MR) is 128 cm³/mol. The number of furan rings is 1. The summed E-state index contributed by atoms with van der Waals surface area (Å²) in [5.74, 6) is 0.139. The van der Waals surface area contributed by atoms with Crippen molar-refractivity contribution in [2.75, 3.05) is 0 Å². The van der Waals surface area contributed by atoms with E-state index in [9.17, 15) is 9.59 Å². The van der Waals surface area contributed by atoms with E-state index in [1.807, 2.05) is 36.1 Å². The van der Waals surface area contributed by atoms with E-state index in [0.29, 0.717) is 17.9 Å². The molecule has 0 atom stereocenters. The van der Waals surface area contributed by atoms with Gasteiger partial charge in [-0.1, -0.05) is 0 Å². The van der Waals surface area contributed by atoms with Gasteiger partial charge in [0.15, 0.2) is 5.76 Å². The fourth-order valence-corrected chi connectivity index (χ4v) is 5.94. The summed E-state index contributed by atoms with van der Waals surface area (Å²) in [4.78, 5) is 26.2. The second-order valence-electron chi connectivity index (χ2n) is 9.06. The van der Waals surface area contributed by atoms with Crippen LogP contribution in [0.5, 0.6) is 0 Å². The number of aryl methyl sites for hydroxylation is 4. The number of hydrogen-bond donors (Lipinski definition) is 1. The highest BCUT2D eigenvalue weighted by molar-refractivity contribution is 6.21. The molecule has 4 heterocycles. The maximum absolute atomic E-state index is 13.1. The highest BCUT2D eigenvalue weighted by atomic mass is 16.3. The Labute approximate surface area is 195 Å². The van der Waals surface area contributed by atoms with Crippen LogP contribution >= 0.6 is 0 Å². The van der Waals surface area contributed by atoms with E-state index < -0.39 is 0 Å². The molecule has 7 nitrogen and oxygen atoms in total. The summed E-state index contributed by atoms with van der Waals surface area (Å²) < 4.78 is 9.52. The van der Waals surface area contributed by atoms with E-state index >= 15 is 0 Å². The molecule has 168 valence electrons. The van der Waals surface area contributed by atoms with E-state index in [-0.39, 0.29) is 11.7 Å². The number of carbonyl (C=O) groups is 2. The van der Waals surface area contributed by atoms with Crippen LogP contribution in [-0.4, -0.2) is 26.0 Å². The standard InChI is InChI=1S/C27H22N4O3/c1-3-31-20-9-6-14(26(32)21-5-4-10-34-21)11-16(20)23-17-12-28-27(33)24(17)22-15(25(23)31)7-8-19-18(22)13-30(2)29-19/h4-6,9-11,13H,3,7-8,12H2,1-2H3,(H,28,33). The monoisotopic (exact) mass is 450 g/mol. The van der Waals surface area contributed by atoms with Gasteiger partial charge in [0.2, 0.25) is 5.78 Å². The van der Waals surface area contributed by atoms with Crippen molar-refractivity contribution in [1.82, 2.24) is 19.7 Å². The summed E-state index contributed by atoms with van der Waals surface area (Å²) in [6.45, 7) is 3.41. The molecule has 0 saturated heterocycles. The van der Waals surface area contributed by atoms with Crippen molar-refractivity contribution in [2.24, 2.45) is 7.05 Å². The summed E-state index contributed by atoms with van der Waals surface area (Å²) in [5, 5.41) is 9.79. The lowest BCUT2D eigenvalue weighted by atomic mass is 9.82. The van der Waals surface area contributed by atoms with Crippen LogP contribution in [-0.2, 0) is 33.0 Å². The molecule has 0 saturated carbocycles. The third-order valence-electron chi connectivity index (χ3n) is 7.27. The summed E-state index contributed by atoms with van der Waals surface area (Å²) in [6.07, 6.45) is 5.21. The lowest BCUT2D eigenvalue weighted by Crippen LogP contribution is -2.15. The third kappa shape index (κ3) is 2.38. The molecule has 2 aliphatic rings. The molecule has 0 radical (unpaired) electrons. The van der Waals surface area contributed by atoms with Crippen LogP contribution in [0.3, 0.4) is 0 Å². The second kappa shape index (κ2) is 6.70. The highest BCUT2D eigenvalue weighted by Gasteiger charge is 2.35.